The summed E-state index contributed by atoms with van der Waals surface area (Å²) in [6.07, 6.45) is 1.85. The van der Waals surface area contributed by atoms with Gasteiger partial charge in [-0.25, -0.2) is 4.68 Å². The second-order valence-electron chi connectivity index (χ2n) is 4.33. The molecule has 5 heteroatoms. The molecule has 3 rings (SSSR count). The van der Waals surface area contributed by atoms with Crippen LogP contribution in [-0.2, 0) is 0 Å². The molecule has 0 aliphatic carbocycles. The van der Waals surface area contributed by atoms with E-state index in [2.05, 4.69) is 21.0 Å². The maximum Gasteiger partial charge on any atom is 0.129 e. The maximum absolute atomic E-state index is 9.50. The number of hydrogen-bond acceptors (Lipinski definition) is 3. The van der Waals surface area contributed by atoms with Gasteiger partial charge in [0.15, 0.2) is 0 Å². The van der Waals surface area contributed by atoms with Crippen molar-refractivity contribution in [2.24, 2.45) is 0 Å². The van der Waals surface area contributed by atoms with Crippen LogP contribution in [0.2, 0.25) is 0 Å². The molecule has 1 aromatic heterocycles. The molecule has 3 aromatic rings. The van der Waals surface area contributed by atoms with Gasteiger partial charge in [0.1, 0.15) is 11.5 Å². The van der Waals surface area contributed by atoms with E-state index >= 15 is 0 Å². The molecule has 0 aliphatic rings. The van der Waals surface area contributed by atoms with Crippen molar-refractivity contribution in [3.63, 3.8) is 0 Å². The standard InChI is InChI=1S/C15H11BrN2O2/c16-13-9-11(3-6-15(13)20)18-8-7-14(17-18)10-1-4-12(19)5-2-10/h1-9,19-20H. The Balaban J connectivity index is 1.97. The highest BCUT2D eigenvalue weighted by atomic mass is 79.9. The normalized spacial score (nSPS) is 10.7. The van der Waals surface area contributed by atoms with Gasteiger partial charge in [-0.15, -0.1) is 0 Å². The average Bonchev–Trinajstić information content (AvgIpc) is 2.92. The lowest BCUT2D eigenvalue weighted by atomic mass is 10.1. The Morgan fingerprint density at radius 3 is 2.40 bits per heavy atom. The van der Waals surface area contributed by atoms with Crippen molar-refractivity contribution in [2.45, 2.75) is 0 Å². The molecule has 4 nitrogen and oxygen atoms in total. The molecule has 0 radical (unpaired) electrons. The predicted octanol–water partition coefficient (Wildman–Crippen LogP) is 3.71. The fourth-order valence-corrected chi connectivity index (χ4v) is 2.26. The third kappa shape index (κ3) is 2.40. The zero-order valence-corrected chi connectivity index (χ0v) is 11.9. The quantitative estimate of drug-likeness (QED) is 0.753. The van der Waals surface area contributed by atoms with Gasteiger partial charge in [0.25, 0.3) is 0 Å². The lowest BCUT2D eigenvalue weighted by molar-refractivity contribution is 0.471. The minimum absolute atomic E-state index is 0.194. The summed E-state index contributed by atoms with van der Waals surface area (Å²) < 4.78 is 2.35. The molecule has 1 heterocycles. The van der Waals surface area contributed by atoms with Crippen molar-refractivity contribution in [1.29, 1.82) is 0 Å². The van der Waals surface area contributed by atoms with Gasteiger partial charge >= 0.3 is 0 Å². The van der Waals surface area contributed by atoms with Crippen molar-refractivity contribution in [3.8, 4) is 28.4 Å². The highest BCUT2D eigenvalue weighted by molar-refractivity contribution is 9.10. The molecular weight excluding hydrogens is 320 g/mol. The highest BCUT2D eigenvalue weighted by Crippen LogP contribution is 2.27. The van der Waals surface area contributed by atoms with Crippen LogP contribution < -0.4 is 0 Å². The summed E-state index contributed by atoms with van der Waals surface area (Å²) in [5, 5.41) is 23.3. The van der Waals surface area contributed by atoms with E-state index in [1.165, 1.54) is 0 Å². The topological polar surface area (TPSA) is 58.3 Å². The number of aromatic hydroxyl groups is 2. The first-order chi connectivity index (χ1) is 9.63. The van der Waals surface area contributed by atoms with E-state index in [-0.39, 0.29) is 11.5 Å². The Labute approximate surface area is 124 Å². The van der Waals surface area contributed by atoms with Crippen molar-refractivity contribution < 1.29 is 10.2 Å². The van der Waals surface area contributed by atoms with Crippen LogP contribution in [-0.4, -0.2) is 20.0 Å². The third-order valence-electron chi connectivity index (χ3n) is 2.95. The van der Waals surface area contributed by atoms with Crippen molar-refractivity contribution >= 4 is 15.9 Å². The molecule has 0 spiro atoms. The van der Waals surface area contributed by atoms with Gasteiger partial charge in [0.2, 0.25) is 0 Å². The van der Waals surface area contributed by atoms with E-state index in [1.807, 2.05) is 24.4 Å². The number of phenols is 2. The van der Waals surface area contributed by atoms with Crippen LogP contribution in [0.5, 0.6) is 11.5 Å². The highest BCUT2D eigenvalue weighted by Gasteiger charge is 2.06. The number of benzene rings is 2. The lowest BCUT2D eigenvalue weighted by Gasteiger charge is -2.03. The van der Waals surface area contributed by atoms with Gasteiger partial charge in [-0.2, -0.15) is 5.10 Å². The summed E-state index contributed by atoms with van der Waals surface area (Å²) >= 11 is 3.28. The van der Waals surface area contributed by atoms with Gasteiger partial charge in [-0.05, 0) is 64.5 Å². The molecule has 0 unspecified atom stereocenters. The predicted molar refractivity (Wildman–Crippen MR) is 80.0 cm³/mol. The fourth-order valence-electron chi connectivity index (χ4n) is 1.89. The average molecular weight is 331 g/mol. The molecule has 0 aliphatic heterocycles. The SMILES string of the molecule is Oc1ccc(-c2ccn(-c3ccc(O)c(Br)c3)n2)cc1. The minimum atomic E-state index is 0.194. The molecule has 2 N–H and O–H groups in total. The fraction of sp³-hybridized carbons (Fsp3) is 0. The monoisotopic (exact) mass is 330 g/mol. The molecule has 0 amide bonds. The molecule has 0 fully saturated rings. The molecule has 2 aromatic carbocycles. The number of phenolic OH excluding ortho intramolecular Hbond substituents is 2. The van der Waals surface area contributed by atoms with Crippen LogP contribution in [0.25, 0.3) is 16.9 Å². The summed E-state index contributed by atoms with van der Waals surface area (Å²) in [4.78, 5) is 0. The van der Waals surface area contributed by atoms with Crippen LogP contribution in [0.3, 0.4) is 0 Å². The van der Waals surface area contributed by atoms with E-state index in [0.717, 1.165) is 16.9 Å². The summed E-state index contributed by atoms with van der Waals surface area (Å²) in [6, 6.07) is 14.0. The number of nitrogens with zero attached hydrogens (tertiary/aromatic N) is 2. The zero-order chi connectivity index (χ0) is 14.1. The first kappa shape index (κ1) is 12.7. The Bertz CT molecular complexity index is 751. The van der Waals surface area contributed by atoms with Gasteiger partial charge in [-0.3, -0.25) is 0 Å². The van der Waals surface area contributed by atoms with Crippen LogP contribution in [0.1, 0.15) is 0 Å². The third-order valence-corrected chi connectivity index (χ3v) is 3.58. The maximum atomic E-state index is 9.50. The molecule has 0 atom stereocenters. The van der Waals surface area contributed by atoms with E-state index in [1.54, 1.807) is 35.0 Å². The molecular formula is C15H11BrN2O2. The summed E-state index contributed by atoms with van der Waals surface area (Å²) in [5.74, 6) is 0.426. The number of aromatic nitrogens is 2. The van der Waals surface area contributed by atoms with Crippen LogP contribution in [0.15, 0.2) is 59.2 Å². The lowest BCUT2D eigenvalue weighted by Crippen LogP contribution is -1.94. The molecule has 0 bridgehead atoms. The number of rotatable bonds is 2. The van der Waals surface area contributed by atoms with Crippen molar-refractivity contribution in [1.82, 2.24) is 9.78 Å². The Morgan fingerprint density at radius 2 is 1.70 bits per heavy atom. The first-order valence-electron chi connectivity index (χ1n) is 5.97. The number of hydrogen-bond donors (Lipinski definition) is 2. The smallest absolute Gasteiger partial charge is 0.129 e. The van der Waals surface area contributed by atoms with E-state index in [4.69, 9.17) is 0 Å². The van der Waals surface area contributed by atoms with E-state index < -0.39 is 0 Å². The van der Waals surface area contributed by atoms with Crippen LogP contribution in [0, 0.1) is 0 Å². The minimum Gasteiger partial charge on any atom is -0.508 e. The van der Waals surface area contributed by atoms with Crippen LogP contribution >= 0.6 is 15.9 Å². The molecule has 20 heavy (non-hydrogen) atoms. The Kier molecular flexibility index (Phi) is 3.20. The number of halogens is 1. The van der Waals surface area contributed by atoms with E-state index in [0.29, 0.717) is 4.47 Å². The Hall–Kier alpha value is -2.27. The van der Waals surface area contributed by atoms with Gasteiger partial charge in [-0.1, -0.05) is 0 Å². The van der Waals surface area contributed by atoms with E-state index in [9.17, 15) is 10.2 Å². The molecule has 0 saturated heterocycles. The first-order valence-corrected chi connectivity index (χ1v) is 6.77. The van der Waals surface area contributed by atoms with Gasteiger partial charge in [0, 0.05) is 11.8 Å². The van der Waals surface area contributed by atoms with Crippen LogP contribution in [0.4, 0.5) is 0 Å². The van der Waals surface area contributed by atoms with Crippen molar-refractivity contribution in [3.05, 3.63) is 59.2 Å². The molecule has 0 saturated carbocycles. The second kappa shape index (κ2) is 5.02. The second-order valence-corrected chi connectivity index (χ2v) is 5.18. The summed E-state index contributed by atoms with van der Waals surface area (Å²) in [6.45, 7) is 0. The largest absolute Gasteiger partial charge is 0.508 e. The Morgan fingerprint density at radius 1 is 0.950 bits per heavy atom. The summed E-state index contributed by atoms with van der Waals surface area (Å²) in [5.41, 5.74) is 2.59. The van der Waals surface area contributed by atoms with Gasteiger partial charge < -0.3 is 10.2 Å². The molecule has 100 valence electrons. The summed E-state index contributed by atoms with van der Waals surface area (Å²) in [7, 11) is 0. The zero-order valence-electron chi connectivity index (χ0n) is 10.4. The van der Waals surface area contributed by atoms with Crippen molar-refractivity contribution in [2.75, 3.05) is 0 Å². The van der Waals surface area contributed by atoms with Gasteiger partial charge in [0.05, 0.1) is 15.9 Å².